The Morgan fingerprint density at radius 2 is 1.31 bits per heavy atom. The third-order valence-electron chi connectivity index (χ3n) is 8.81. The number of hydrogen-bond acceptors (Lipinski definition) is 18. The molecule has 20 nitrogen and oxygen atoms in total. The normalized spacial score (nSPS) is 12.7. The number of aromatic hydroxyl groups is 1. The number of rotatable bonds is 29. The molecule has 0 radical (unpaired) electrons. The molecule has 4 aromatic rings. The molecule has 3 aromatic heterocycles. The summed E-state index contributed by atoms with van der Waals surface area (Å²) in [6.07, 6.45) is 4.01. The van der Waals surface area contributed by atoms with Crippen molar-refractivity contribution in [2.45, 2.75) is 25.9 Å². The van der Waals surface area contributed by atoms with E-state index in [0.717, 1.165) is 11.3 Å². The molecule has 1 aromatic carbocycles. The number of benzene rings is 1. The molecule has 0 fully saturated rings. The van der Waals surface area contributed by atoms with Gasteiger partial charge in [-0.25, -0.2) is 24.6 Å². The lowest BCUT2D eigenvalue weighted by atomic mass is 10.1. The predicted molar refractivity (Wildman–Crippen MR) is 212 cm³/mol. The molecule has 1 aliphatic heterocycles. The van der Waals surface area contributed by atoms with Crippen LogP contribution in [0.2, 0.25) is 0 Å². The molecule has 1 aliphatic rings. The summed E-state index contributed by atoms with van der Waals surface area (Å²) in [7, 11) is 0. The number of fused-ring (bicyclic) bond motifs is 2. The highest BCUT2D eigenvalue weighted by atomic mass is 16.6. The standard InChI is InChI=1S/C38H56N10O10/c39-5-8-52-10-12-54-14-16-56-18-20-58-22-21-57-19-17-55-15-13-53-11-9-51-7-4-34(50)47-6-3-31-29(25-47)24-42-33(45-31)26-48-38-35(37(41)43-27-44-38)36(46-48)28-1-2-32(49)30(40)23-28/h1-2,23-24,27,49H,3-22,25-26,39-40H2,(H2,41,43,44). The first-order valence-corrected chi connectivity index (χ1v) is 19.4. The van der Waals surface area contributed by atoms with Crippen LogP contribution in [0.25, 0.3) is 22.3 Å². The summed E-state index contributed by atoms with van der Waals surface area (Å²) in [5.74, 6) is 0.797. The average molecular weight is 813 g/mol. The zero-order chi connectivity index (χ0) is 40.8. The van der Waals surface area contributed by atoms with Crippen molar-refractivity contribution in [1.82, 2.24) is 34.6 Å². The second-order valence-electron chi connectivity index (χ2n) is 13.0. The first-order chi connectivity index (χ1) is 28.4. The highest BCUT2D eigenvalue weighted by Gasteiger charge is 2.23. The van der Waals surface area contributed by atoms with Crippen LogP contribution in [0, 0.1) is 0 Å². The molecule has 0 saturated heterocycles. The molecule has 0 spiro atoms. The van der Waals surface area contributed by atoms with Crippen molar-refractivity contribution in [2.24, 2.45) is 5.73 Å². The fraction of sp³-hybridized carbons (Fsp3) is 0.579. The zero-order valence-electron chi connectivity index (χ0n) is 32.9. The number of carbonyl (C=O) groups is 1. The summed E-state index contributed by atoms with van der Waals surface area (Å²) in [5, 5.41) is 15.2. The van der Waals surface area contributed by atoms with Crippen LogP contribution < -0.4 is 17.2 Å². The van der Waals surface area contributed by atoms with Gasteiger partial charge in [0.15, 0.2) is 5.65 Å². The maximum absolute atomic E-state index is 12.9. The minimum Gasteiger partial charge on any atom is -0.506 e. The van der Waals surface area contributed by atoms with Crippen molar-refractivity contribution in [3.63, 3.8) is 0 Å². The van der Waals surface area contributed by atoms with Gasteiger partial charge in [-0.05, 0) is 18.2 Å². The van der Waals surface area contributed by atoms with Crippen LogP contribution in [-0.4, -0.2) is 164 Å². The van der Waals surface area contributed by atoms with E-state index in [4.69, 9.17) is 65.2 Å². The Morgan fingerprint density at radius 3 is 1.88 bits per heavy atom. The van der Waals surface area contributed by atoms with Crippen molar-refractivity contribution < 1.29 is 47.8 Å². The van der Waals surface area contributed by atoms with E-state index >= 15 is 0 Å². The summed E-state index contributed by atoms with van der Waals surface area (Å²) in [6, 6.07) is 4.83. The Hall–Kier alpha value is -4.64. The number of phenols is 1. The fourth-order valence-corrected chi connectivity index (χ4v) is 5.87. The van der Waals surface area contributed by atoms with Gasteiger partial charge in [-0.2, -0.15) is 5.10 Å². The molecular formula is C38H56N10O10. The van der Waals surface area contributed by atoms with Gasteiger partial charge in [-0.3, -0.25) is 4.79 Å². The number of nitrogens with two attached hydrogens (primary N) is 3. The molecule has 0 saturated carbocycles. The predicted octanol–water partition coefficient (Wildman–Crippen LogP) is 0.568. The number of nitrogens with zero attached hydrogens (tertiary/aromatic N) is 7. The number of ether oxygens (including phenoxy) is 8. The minimum absolute atomic E-state index is 0.00735. The minimum atomic E-state index is -0.0241. The topological polar surface area (TPSA) is 262 Å². The van der Waals surface area contributed by atoms with Gasteiger partial charge in [-0.1, -0.05) is 0 Å². The van der Waals surface area contributed by atoms with Crippen LogP contribution in [0.4, 0.5) is 11.5 Å². The monoisotopic (exact) mass is 812 g/mol. The Labute approximate surface area is 337 Å². The zero-order valence-corrected chi connectivity index (χ0v) is 32.9. The first-order valence-electron chi connectivity index (χ1n) is 19.4. The summed E-state index contributed by atoms with van der Waals surface area (Å²) in [5.41, 5.74) is 21.2. The van der Waals surface area contributed by atoms with Crippen LogP contribution >= 0.6 is 0 Å². The average Bonchev–Trinajstić information content (AvgIpc) is 3.60. The molecule has 0 bridgehead atoms. The van der Waals surface area contributed by atoms with E-state index in [2.05, 4.69) is 15.0 Å². The lowest BCUT2D eigenvalue weighted by Crippen LogP contribution is -2.37. The van der Waals surface area contributed by atoms with Crippen molar-refractivity contribution >= 4 is 28.4 Å². The summed E-state index contributed by atoms with van der Waals surface area (Å²) in [4.78, 5) is 32.7. The van der Waals surface area contributed by atoms with Gasteiger partial charge in [0.25, 0.3) is 0 Å². The number of amides is 1. The number of carbonyl (C=O) groups excluding carboxylic acids is 1. The van der Waals surface area contributed by atoms with Gasteiger partial charge in [-0.15, -0.1) is 0 Å². The van der Waals surface area contributed by atoms with Crippen molar-refractivity contribution in [2.75, 3.05) is 130 Å². The molecule has 4 heterocycles. The molecule has 0 atom stereocenters. The summed E-state index contributed by atoms with van der Waals surface area (Å²) in [6.45, 7) is 9.23. The Bertz CT molecular complexity index is 1830. The number of phenolic OH excluding ortho intramolecular Hbond substituents is 1. The Kier molecular flexibility index (Phi) is 19.1. The molecule has 58 heavy (non-hydrogen) atoms. The van der Waals surface area contributed by atoms with E-state index in [9.17, 15) is 9.90 Å². The maximum Gasteiger partial charge on any atom is 0.225 e. The van der Waals surface area contributed by atoms with Crippen LogP contribution in [0.15, 0.2) is 30.7 Å². The van der Waals surface area contributed by atoms with E-state index in [1.807, 2.05) is 0 Å². The van der Waals surface area contributed by atoms with Gasteiger partial charge in [0.2, 0.25) is 5.91 Å². The van der Waals surface area contributed by atoms with Crippen molar-refractivity contribution in [3.05, 3.63) is 47.8 Å². The molecule has 20 heteroatoms. The van der Waals surface area contributed by atoms with Crippen molar-refractivity contribution in [1.29, 1.82) is 0 Å². The van der Waals surface area contributed by atoms with Gasteiger partial charge in [0, 0.05) is 43.4 Å². The number of aromatic nitrogens is 6. The van der Waals surface area contributed by atoms with E-state index in [1.54, 1.807) is 27.9 Å². The Balaban J connectivity index is 0.872. The van der Waals surface area contributed by atoms with Crippen LogP contribution in [-0.2, 0) is 62.2 Å². The van der Waals surface area contributed by atoms with Gasteiger partial charge in [0.1, 0.15) is 36.0 Å². The van der Waals surface area contributed by atoms with Crippen LogP contribution in [0.5, 0.6) is 5.75 Å². The SMILES string of the molecule is NCCOCCOCCOCCOCCOCCOCCOCCOCCC(=O)N1CCc2nc(Cn3nc(-c4ccc(O)c(N)c4)c4c(N)ncnc43)ncc2C1. The lowest BCUT2D eigenvalue weighted by molar-refractivity contribution is -0.133. The van der Waals surface area contributed by atoms with Gasteiger partial charge >= 0.3 is 0 Å². The quantitative estimate of drug-likeness (QED) is 0.0332. The first kappa shape index (κ1) is 44.5. The third kappa shape index (κ3) is 14.3. The molecule has 7 N–H and O–H groups in total. The van der Waals surface area contributed by atoms with E-state index < -0.39 is 0 Å². The lowest BCUT2D eigenvalue weighted by Gasteiger charge is -2.28. The number of nitrogen functional groups attached to an aromatic ring is 2. The van der Waals surface area contributed by atoms with E-state index in [1.165, 1.54) is 12.4 Å². The summed E-state index contributed by atoms with van der Waals surface area (Å²) < 4.78 is 45.4. The molecule has 0 aliphatic carbocycles. The highest BCUT2D eigenvalue weighted by molar-refractivity contribution is 5.98. The fourth-order valence-electron chi connectivity index (χ4n) is 5.87. The third-order valence-corrected chi connectivity index (χ3v) is 8.81. The maximum atomic E-state index is 12.9. The molecule has 5 rings (SSSR count). The number of hydrogen-bond donors (Lipinski definition) is 4. The van der Waals surface area contributed by atoms with Gasteiger partial charge in [0.05, 0.1) is 129 Å². The molecule has 1 amide bonds. The van der Waals surface area contributed by atoms with Gasteiger partial charge < -0.3 is 65.1 Å². The smallest absolute Gasteiger partial charge is 0.225 e. The van der Waals surface area contributed by atoms with E-state index in [-0.39, 0.29) is 36.1 Å². The van der Waals surface area contributed by atoms with Crippen LogP contribution in [0.3, 0.4) is 0 Å². The van der Waals surface area contributed by atoms with Crippen LogP contribution in [0.1, 0.15) is 23.5 Å². The number of anilines is 2. The Morgan fingerprint density at radius 1 is 0.741 bits per heavy atom. The molecule has 0 unspecified atom stereocenters. The largest absolute Gasteiger partial charge is 0.506 e. The van der Waals surface area contributed by atoms with Crippen molar-refractivity contribution in [3.8, 4) is 17.0 Å². The highest BCUT2D eigenvalue weighted by Crippen LogP contribution is 2.33. The van der Waals surface area contributed by atoms with E-state index in [0.29, 0.717) is 160 Å². The molecular weight excluding hydrogens is 756 g/mol. The summed E-state index contributed by atoms with van der Waals surface area (Å²) >= 11 is 0. The molecule has 318 valence electrons. The second kappa shape index (κ2) is 25.0. The second-order valence-corrected chi connectivity index (χ2v) is 13.0.